The molecule has 0 saturated heterocycles. The van der Waals surface area contributed by atoms with Crippen LogP contribution in [0.2, 0.25) is 0 Å². The lowest BCUT2D eigenvalue weighted by molar-refractivity contribution is -0.670. The highest BCUT2D eigenvalue weighted by molar-refractivity contribution is 7.90. The molecular weight excluding hydrogens is 347 g/mol. The van der Waals surface area contributed by atoms with E-state index in [9.17, 15) is 21.6 Å². The molecule has 7 nitrogen and oxygen atoms in total. The summed E-state index contributed by atoms with van der Waals surface area (Å²) in [5.41, 5.74) is -0.898. The molecule has 0 radical (unpaired) electrons. The maximum absolute atomic E-state index is 12.7. The highest BCUT2D eigenvalue weighted by Gasteiger charge is 2.31. The van der Waals surface area contributed by atoms with Crippen LogP contribution < -0.4 is 4.57 Å². The van der Waals surface area contributed by atoms with E-state index in [2.05, 4.69) is 10.1 Å². The molecule has 3 aromatic rings. The van der Waals surface area contributed by atoms with E-state index in [-0.39, 0.29) is 10.7 Å². The van der Waals surface area contributed by atoms with Crippen molar-refractivity contribution in [3.05, 3.63) is 55.0 Å². The zero-order valence-corrected chi connectivity index (χ0v) is 13.0. The molecule has 0 bridgehead atoms. The summed E-state index contributed by atoms with van der Waals surface area (Å²) >= 11 is 0. The molecule has 0 spiro atoms. The number of alkyl halides is 3. The summed E-state index contributed by atoms with van der Waals surface area (Å²) in [5.74, 6) is -0.135. The van der Waals surface area contributed by atoms with Crippen LogP contribution in [0.1, 0.15) is 5.56 Å². The van der Waals surface area contributed by atoms with Gasteiger partial charge in [0.15, 0.2) is 5.82 Å². The molecule has 0 fully saturated rings. The molecular formula is C13H11F3N5O2S+. The first-order valence-corrected chi connectivity index (χ1v) is 7.99. The van der Waals surface area contributed by atoms with Gasteiger partial charge in [-0.25, -0.2) is 14.2 Å². The summed E-state index contributed by atoms with van der Waals surface area (Å²) in [4.78, 5) is 3.62. The lowest BCUT2D eigenvalue weighted by Gasteiger charge is -2.07. The van der Waals surface area contributed by atoms with Crippen molar-refractivity contribution in [2.24, 2.45) is 7.05 Å². The number of rotatable bonds is 3. The van der Waals surface area contributed by atoms with E-state index < -0.39 is 21.8 Å². The van der Waals surface area contributed by atoms with Gasteiger partial charge in [0.05, 0.1) is 25.0 Å². The Morgan fingerprint density at radius 2 is 2.04 bits per heavy atom. The van der Waals surface area contributed by atoms with E-state index >= 15 is 0 Å². The van der Waals surface area contributed by atoms with Crippen molar-refractivity contribution in [3.8, 4) is 5.82 Å². The Morgan fingerprint density at radius 1 is 1.29 bits per heavy atom. The summed E-state index contributed by atoms with van der Waals surface area (Å²) in [6.07, 6.45) is 2.84. The van der Waals surface area contributed by atoms with Crippen molar-refractivity contribution in [1.82, 2.24) is 18.7 Å². The largest absolute Gasteiger partial charge is 0.416 e. The minimum Gasteiger partial charge on any atom is -0.239 e. The molecule has 126 valence electrons. The van der Waals surface area contributed by atoms with Gasteiger partial charge in [0.1, 0.15) is 17.3 Å². The minimum absolute atomic E-state index is 0.135. The van der Waals surface area contributed by atoms with Crippen molar-refractivity contribution in [2.75, 3.05) is 0 Å². The van der Waals surface area contributed by atoms with Crippen molar-refractivity contribution in [3.63, 3.8) is 0 Å². The lowest BCUT2D eigenvalue weighted by atomic mass is 10.2. The van der Waals surface area contributed by atoms with Gasteiger partial charge in [-0.2, -0.15) is 26.7 Å². The van der Waals surface area contributed by atoms with E-state index in [1.807, 2.05) is 0 Å². The number of nitrogens with zero attached hydrogens (tertiary/aromatic N) is 5. The maximum atomic E-state index is 12.7. The third-order valence-corrected chi connectivity index (χ3v) is 4.76. The second-order valence-corrected chi connectivity index (χ2v) is 6.78. The quantitative estimate of drug-likeness (QED) is 0.659. The first-order chi connectivity index (χ1) is 11.2. The first kappa shape index (κ1) is 16.2. The fraction of sp³-hybridized carbons (Fsp3) is 0.154. The number of aromatic nitrogens is 5. The number of aryl methyl sites for hydroxylation is 1. The summed E-state index contributed by atoms with van der Waals surface area (Å²) < 4.78 is 66.6. The van der Waals surface area contributed by atoms with E-state index in [1.54, 1.807) is 7.05 Å². The zero-order chi connectivity index (χ0) is 17.5. The third-order valence-electron chi connectivity index (χ3n) is 3.19. The predicted molar refractivity (Wildman–Crippen MR) is 74.6 cm³/mol. The van der Waals surface area contributed by atoms with Crippen LogP contribution in [-0.4, -0.2) is 27.2 Å². The van der Waals surface area contributed by atoms with E-state index in [4.69, 9.17) is 0 Å². The van der Waals surface area contributed by atoms with Crippen LogP contribution in [0.25, 0.3) is 5.82 Å². The molecule has 0 amide bonds. The number of hydrogen-bond donors (Lipinski definition) is 0. The van der Waals surface area contributed by atoms with Gasteiger partial charge < -0.3 is 0 Å². The Morgan fingerprint density at radius 3 is 2.67 bits per heavy atom. The Balaban J connectivity index is 2.00. The van der Waals surface area contributed by atoms with Crippen LogP contribution in [0.4, 0.5) is 13.2 Å². The van der Waals surface area contributed by atoms with Crippen LogP contribution in [0.5, 0.6) is 0 Å². The Bertz CT molecular complexity index is 991. The molecule has 0 aliphatic carbocycles. The monoisotopic (exact) mass is 358 g/mol. The van der Waals surface area contributed by atoms with Crippen LogP contribution in [0.3, 0.4) is 0 Å². The third kappa shape index (κ3) is 2.89. The summed E-state index contributed by atoms with van der Waals surface area (Å²) in [6.45, 7) is 0. The average molecular weight is 358 g/mol. The second kappa shape index (κ2) is 5.44. The standard InChI is InChI=1S/C13H11F3N5O2S/c1-19-4-5-20(9-19)24(22,23)11-7-18-21(8-11)12-6-10(2-3-17-12)13(14,15)16/h2-9H,1H3/q+1. The predicted octanol–water partition coefficient (Wildman–Crippen LogP) is 1.15. The zero-order valence-electron chi connectivity index (χ0n) is 12.2. The van der Waals surface area contributed by atoms with Crippen molar-refractivity contribution in [1.29, 1.82) is 0 Å². The fourth-order valence-corrected chi connectivity index (χ4v) is 3.12. The van der Waals surface area contributed by atoms with Gasteiger partial charge in [0, 0.05) is 6.20 Å². The topological polar surface area (TPSA) is 73.7 Å². The first-order valence-electron chi connectivity index (χ1n) is 6.55. The van der Waals surface area contributed by atoms with E-state index in [1.165, 1.54) is 23.3 Å². The number of pyridine rings is 1. The van der Waals surface area contributed by atoms with Gasteiger partial charge in [-0.1, -0.05) is 0 Å². The van der Waals surface area contributed by atoms with E-state index in [0.717, 1.165) is 39.4 Å². The molecule has 11 heteroatoms. The Labute approximate surface area is 134 Å². The summed E-state index contributed by atoms with van der Waals surface area (Å²) in [7, 11) is -2.23. The number of imidazole rings is 1. The molecule has 0 saturated carbocycles. The molecule has 0 unspecified atom stereocenters. The molecule has 0 aliphatic heterocycles. The second-order valence-electron chi connectivity index (χ2n) is 4.94. The van der Waals surface area contributed by atoms with Gasteiger partial charge in [-0.05, 0) is 12.1 Å². The average Bonchev–Trinajstić information content (AvgIpc) is 3.16. The molecule has 24 heavy (non-hydrogen) atoms. The van der Waals surface area contributed by atoms with Gasteiger partial charge >= 0.3 is 16.2 Å². The molecule has 0 aliphatic rings. The highest BCUT2D eigenvalue weighted by atomic mass is 32.2. The van der Waals surface area contributed by atoms with Crippen LogP contribution >= 0.6 is 0 Å². The summed E-state index contributed by atoms with van der Waals surface area (Å²) in [5, 5.41) is 3.80. The van der Waals surface area contributed by atoms with Crippen molar-refractivity contribution >= 4 is 10.0 Å². The normalized spacial score (nSPS) is 12.5. The van der Waals surface area contributed by atoms with Gasteiger partial charge in [-0.3, -0.25) is 0 Å². The molecule has 3 heterocycles. The fourth-order valence-electron chi connectivity index (χ4n) is 1.98. The van der Waals surface area contributed by atoms with Crippen LogP contribution in [0, 0.1) is 0 Å². The molecule has 0 atom stereocenters. The Hall–Kier alpha value is -2.69. The highest BCUT2D eigenvalue weighted by Crippen LogP contribution is 2.29. The van der Waals surface area contributed by atoms with E-state index in [0.29, 0.717) is 0 Å². The van der Waals surface area contributed by atoms with Gasteiger partial charge in [0.2, 0.25) is 0 Å². The van der Waals surface area contributed by atoms with Gasteiger partial charge in [0.25, 0.3) is 6.33 Å². The number of halogens is 3. The molecule has 0 N–H and O–H groups in total. The van der Waals surface area contributed by atoms with Crippen molar-refractivity contribution in [2.45, 2.75) is 11.1 Å². The summed E-state index contributed by atoms with van der Waals surface area (Å²) in [6, 6.07) is 1.61. The molecule has 0 aromatic carbocycles. The van der Waals surface area contributed by atoms with Crippen LogP contribution in [0.15, 0.2) is 54.3 Å². The van der Waals surface area contributed by atoms with Gasteiger partial charge in [-0.15, -0.1) is 3.97 Å². The Kier molecular flexibility index (Phi) is 3.67. The lowest BCUT2D eigenvalue weighted by Crippen LogP contribution is -2.25. The maximum Gasteiger partial charge on any atom is 0.416 e. The molecule has 3 rings (SSSR count). The SMILES string of the molecule is C[n+]1ccn(S(=O)(=O)c2cnn(-c3cc(C(F)(F)F)ccn3)c2)c1. The minimum atomic E-state index is -4.53. The molecule has 3 aromatic heterocycles. The smallest absolute Gasteiger partial charge is 0.239 e. The number of hydrogen-bond acceptors (Lipinski definition) is 4. The van der Waals surface area contributed by atoms with Crippen molar-refractivity contribution < 1.29 is 26.2 Å². The van der Waals surface area contributed by atoms with Crippen LogP contribution in [-0.2, 0) is 23.2 Å².